The highest BCUT2D eigenvalue weighted by Crippen LogP contribution is 2.28. The fourth-order valence-electron chi connectivity index (χ4n) is 2.57. The van der Waals surface area contributed by atoms with Crippen molar-refractivity contribution < 1.29 is 14.3 Å². The summed E-state index contributed by atoms with van der Waals surface area (Å²) in [5.41, 5.74) is 1.87. The summed E-state index contributed by atoms with van der Waals surface area (Å²) in [6.07, 6.45) is 0.418. The normalized spacial score (nSPS) is 10.6. The van der Waals surface area contributed by atoms with Gasteiger partial charge in [-0.3, -0.25) is 9.69 Å². The Morgan fingerprint density at radius 3 is 2.48 bits per heavy atom. The Kier molecular flexibility index (Phi) is 7.29. The number of carbonyl (C=O) groups excluding carboxylic acids is 1. The van der Waals surface area contributed by atoms with Crippen LogP contribution in [0.25, 0.3) is 0 Å². The van der Waals surface area contributed by atoms with E-state index in [0.717, 1.165) is 13.1 Å². The van der Waals surface area contributed by atoms with Gasteiger partial charge in [-0.15, -0.1) is 0 Å². The Morgan fingerprint density at radius 2 is 1.84 bits per heavy atom. The minimum atomic E-state index is -0.0435. The molecule has 2 aromatic rings. The highest BCUT2D eigenvalue weighted by Gasteiger charge is 2.11. The van der Waals surface area contributed by atoms with Crippen LogP contribution < -0.4 is 14.8 Å². The fraction of sp³-hybridized carbons (Fsp3) is 0.350. The van der Waals surface area contributed by atoms with Crippen LogP contribution in [-0.4, -0.2) is 38.1 Å². The van der Waals surface area contributed by atoms with Gasteiger partial charge in [0.1, 0.15) is 11.5 Å². The van der Waals surface area contributed by atoms with Crippen molar-refractivity contribution >= 4 is 11.6 Å². The van der Waals surface area contributed by atoms with Crippen molar-refractivity contribution in [1.82, 2.24) is 4.90 Å². The van der Waals surface area contributed by atoms with Gasteiger partial charge in [-0.05, 0) is 24.2 Å². The molecule has 0 fully saturated rings. The quantitative estimate of drug-likeness (QED) is 0.757. The smallest absolute Gasteiger partial charge is 0.225 e. The lowest BCUT2D eigenvalue weighted by Gasteiger charge is -2.20. The molecule has 0 aliphatic rings. The molecule has 0 spiro atoms. The first-order chi connectivity index (χ1) is 12.2. The second-order valence-electron chi connectivity index (χ2n) is 5.72. The third-order valence-electron chi connectivity index (χ3n) is 4.03. The molecule has 2 rings (SSSR count). The number of amides is 1. The summed E-state index contributed by atoms with van der Waals surface area (Å²) in [4.78, 5) is 14.6. The highest BCUT2D eigenvalue weighted by molar-refractivity contribution is 5.92. The van der Waals surface area contributed by atoms with Crippen molar-refractivity contribution in [2.24, 2.45) is 0 Å². The van der Waals surface area contributed by atoms with Crippen LogP contribution in [0, 0.1) is 0 Å². The minimum Gasteiger partial charge on any atom is -0.497 e. The topological polar surface area (TPSA) is 50.8 Å². The van der Waals surface area contributed by atoms with Crippen molar-refractivity contribution in [3.8, 4) is 11.5 Å². The third-order valence-corrected chi connectivity index (χ3v) is 4.03. The molecule has 0 aliphatic heterocycles. The highest BCUT2D eigenvalue weighted by atomic mass is 16.5. The summed E-state index contributed by atoms with van der Waals surface area (Å²) < 4.78 is 10.5. The lowest BCUT2D eigenvalue weighted by Crippen LogP contribution is -2.27. The standard InChI is InChI=1S/C20H26N2O3/c1-4-22(15-16-8-6-5-7-9-16)13-12-20(23)21-18-14-17(24-2)10-11-19(18)25-3/h5-11,14H,4,12-13,15H2,1-3H3,(H,21,23). The van der Waals surface area contributed by atoms with Gasteiger partial charge < -0.3 is 14.8 Å². The van der Waals surface area contributed by atoms with Gasteiger partial charge in [0.25, 0.3) is 0 Å². The maximum atomic E-state index is 12.3. The van der Waals surface area contributed by atoms with Crippen LogP contribution in [0.4, 0.5) is 5.69 Å². The van der Waals surface area contributed by atoms with E-state index in [9.17, 15) is 4.79 Å². The van der Waals surface area contributed by atoms with Crippen LogP contribution in [0.15, 0.2) is 48.5 Å². The van der Waals surface area contributed by atoms with E-state index in [2.05, 4.69) is 29.3 Å². The molecular formula is C20H26N2O3. The number of carbonyl (C=O) groups is 1. The Bertz CT molecular complexity index is 674. The van der Waals surface area contributed by atoms with Crippen molar-refractivity contribution in [2.75, 3.05) is 32.6 Å². The number of methoxy groups -OCH3 is 2. The summed E-state index contributed by atoms with van der Waals surface area (Å²) >= 11 is 0. The van der Waals surface area contributed by atoms with Gasteiger partial charge in [-0.2, -0.15) is 0 Å². The predicted molar refractivity (Wildman–Crippen MR) is 100 cm³/mol. The maximum absolute atomic E-state index is 12.3. The zero-order valence-corrected chi connectivity index (χ0v) is 15.1. The van der Waals surface area contributed by atoms with Gasteiger partial charge in [0.15, 0.2) is 0 Å². The predicted octanol–water partition coefficient (Wildman–Crippen LogP) is 3.55. The summed E-state index contributed by atoms with van der Waals surface area (Å²) in [5, 5.41) is 2.91. The molecule has 1 N–H and O–H groups in total. The van der Waals surface area contributed by atoms with E-state index in [1.807, 2.05) is 18.2 Å². The number of nitrogens with one attached hydrogen (secondary N) is 1. The van der Waals surface area contributed by atoms with E-state index < -0.39 is 0 Å². The molecule has 5 heteroatoms. The molecule has 0 unspecified atom stereocenters. The Balaban J connectivity index is 1.91. The molecule has 25 heavy (non-hydrogen) atoms. The van der Waals surface area contributed by atoms with E-state index in [1.165, 1.54) is 5.56 Å². The maximum Gasteiger partial charge on any atom is 0.225 e. The lowest BCUT2D eigenvalue weighted by atomic mass is 10.2. The Hall–Kier alpha value is -2.53. The van der Waals surface area contributed by atoms with Crippen LogP contribution in [0.1, 0.15) is 18.9 Å². The molecule has 0 heterocycles. The van der Waals surface area contributed by atoms with E-state index in [0.29, 0.717) is 30.2 Å². The van der Waals surface area contributed by atoms with Crippen LogP contribution in [0.2, 0.25) is 0 Å². The van der Waals surface area contributed by atoms with E-state index >= 15 is 0 Å². The van der Waals surface area contributed by atoms with E-state index in [1.54, 1.807) is 32.4 Å². The lowest BCUT2D eigenvalue weighted by molar-refractivity contribution is -0.116. The number of anilines is 1. The van der Waals surface area contributed by atoms with E-state index in [4.69, 9.17) is 9.47 Å². The largest absolute Gasteiger partial charge is 0.497 e. The zero-order valence-electron chi connectivity index (χ0n) is 15.1. The second-order valence-corrected chi connectivity index (χ2v) is 5.72. The minimum absolute atomic E-state index is 0.0435. The monoisotopic (exact) mass is 342 g/mol. The fourth-order valence-corrected chi connectivity index (χ4v) is 2.57. The van der Waals surface area contributed by atoms with E-state index in [-0.39, 0.29) is 5.91 Å². The molecule has 5 nitrogen and oxygen atoms in total. The summed E-state index contributed by atoms with van der Waals surface area (Å²) in [6, 6.07) is 15.6. The van der Waals surface area contributed by atoms with Crippen LogP contribution in [-0.2, 0) is 11.3 Å². The summed E-state index contributed by atoms with van der Waals surface area (Å²) in [5.74, 6) is 1.25. The number of ether oxygens (including phenoxy) is 2. The SMILES string of the molecule is CCN(CCC(=O)Nc1cc(OC)ccc1OC)Cc1ccccc1. The number of rotatable bonds is 9. The van der Waals surface area contributed by atoms with Gasteiger partial charge in [0.05, 0.1) is 19.9 Å². The number of nitrogens with zero attached hydrogens (tertiary/aromatic N) is 1. The second kappa shape index (κ2) is 9.69. The average molecular weight is 342 g/mol. The molecule has 0 saturated heterocycles. The molecule has 0 aromatic heterocycles. The van der Waals surface area contributed by atoms with Crippen molar-refractivity contribution in [2.45, 2.75) is 19.9 Å². The molecule has 0 bridgehead atoms. The number of hydrogen-bond donors (Lipinski definition) is 1. The van der Waals surface area contributed by atoms with Crippen molar-refractivity contribution in [3.63, 3.8) is 0 Å². The van der Waals surface area contributed by atoms with Crippen LogP contribution in [0.5, 0.6) is 11.5 Å². The molecule has 0 atom stereocenters. The average Bonchev–Trinajstić information content (AvgIpc) is 2.65. The Labute approximate surface area is 149 Å². The number of hydrogen-bond acceptors (Lipinski definition) is 4. The molecule has 0 saturated carbocycles. The molecular weight excluding hydrogens is 316 g/mol. The zero-order chi connectivity index (χ0) is 18.1. The molecule has 134 valence electrons. The first-order valence-corrected chi connectivity index (χ1v) is 8.44. The first-order valence-electron chi connectivity index (χ1n) is 8.44. The summed E-state index contributed by atoms with van der Waals surface area (Å²) in [7, 11) is 3.17. The van der Waals surface area contributed by atoms with Gasteiger partial charge in [-0.25, -0.2) is 0 Å². The number of benzene rings is 2. The van der Waals surface area contributed by atoms with Crippen molar-refractivity contribution in [3.05, 3.63) is 54.1 Å². The molecule has 0 aliphatic carbocycles. The third kappa shape index (κ3) is 5.80. The van der Waals surface area contributed by atoms with Gasteiger partial charge in [0, 0.05) is 25.6 Å². The molecule has 1 amide bonds. The van der Waals surface area contributed by atoms with Crippen LogP contribution >= 0.6 is 0 Å². The Morgan fingerprint density at radius 1 is 1.08 bits per heavy atom. The van der Waals surface area contributed by atoms with Crippen molar-refractivity contribution in [1.29, 1.82) is 0 Å². The first kappa shape index (κ1) is 18.8. The van der Waals surface area contributed by atoms with Crippen LogP contribution in [0.3, 0.4) is 0 Å². The summed E-state index contributed by atoms with van der Waals surface area (Å²) in [6.45, 7) is 4.53. The molecule has 0 radical (unpaired) electrons. The molecule has 2 aromatic carbocycles. The van der Waals surface area contributed by atoms with Gasteiger partial charge >= 0.3 is 0 Å². The van der Waals surface area contributed by atoms with Gasteiger partial charge in [0.2, 0.25) is 5.91 Å². The van der Waals surface area contributed by atoms with Gasteiger partial charge in [-0.1, -0.05) is 37.3 Å².